The van der Waals surface area contributed by atoms with Gasteiger partial charge in [-0.1, -0.05) is 67.6 Å². The van der Waals surface area contributed by atoms with E-state index in [9.17, 15) is 4.79 Å². The molecule has 1 aliphatic heterocycles. The molecule has 0 spiro atoms. The van der Waals surface area contributed by atoms with E-state index in [0.717, 1.165) is 17.5 Å². The molecule has 144 valence electrons. The van der Waals surface area contributed by atoms with Crippen molar-refractivity contribution >= 4 is 6.09 Å². The summed E-state index contributed by atoms with van der Waals surface area (Å²) in [5, 5.41) is 0. The maximum atomic E-state index is 13.2. The van der Waals surface area contributed by atoms with E-state index in [4.69, 9.17) is 9.47 Å². The summed E-state index contributed by atoms with van der Waals surface area (Å²) in [6, 6.07) is 20.2. The number of carbonyl (C=O) groups excluding carboxylic acids is 1. The van der Waals surface area contributed by atoms with Crippen molar-refractivity contribution in [1.82, 2.24) is 4.90 Å². The van der Waals surface area contributed by atoms with Gasteiger partial charge in [0.1, 0.15) is 11.7 Å². The van der Waals surface area contributed by atoms with Crippen LogP contribution in [0.4, 0.5) is 4.79 Å². The summed E-state index contributed by atoms with van der Waals surface area (Å²) in [6.45, 7) is 8.81. The highest BCUT2D eigenvalue weighted by molar-refractivity contribution is 5.70. The van der Waals surface area contributed by atoms with Gasteiger partial charge in [-0.3, -0.25) is 4.90 Å². The van der Waals surface area contributed by atoms with Crippen molar-refractivity contribution in [2.45, 2.75) is 57.9 Å². The van der Waals surface area contributed by atoms with E-state index in [1.807, 2.05) is 74.2 Å². The Kier molecular flexibility index (Phi) is 5.56. The minimum atomic E-state index is -0.548. The Morgan fingerprint density at radius 1 is 1.11 bits per heavy atom. The van der Waals surface area contributed by atoms with Crippen molar-refractivity contribution in [2.75, 3.05) is 6.61 Å². The lowest BCUT2D eigenvalue weighted by Crippen LogP contribution is -2.65. The van der Waals surface area contributed by atoms with E-state index in [0.29, 0.717) is 13.2 Å². The summed E-state index contributed by atoms with van der Waals surface area (Å²) >= 11 is 0. The maximum absolute atomic E-state index is 13.2. The van der Waals surface area contributed by atoms with Crippen LogP contribution >= 0.6 is 0 Å². The average molecular weight is 367 g/mol. The zero-order valence-corrected chi connectivity index (χ0v) is 16.6. The predicted octanol–water partition coefficient (Wildman–Crippen LogP) is 5.34. The second-order valence-corrected chi connectivity index (χ2v) is 8.11. The van der Waals surface area contributed by atoms with Crippen molar-refractivity contribution in [2.24, 2.45) is 0 Å². The van der Waals surface area contributed by atoms with Gasteiger partial charge in [0.05, 0.1) is 12.1 Å². The third-order valence-corrected chi connectivity index (χ3v) is 5.04. The minimum absolute atomic E-state index is 0.153. The number of carbonyl (C=O) groups is 1. The molecule has 0 saturated carbocycles. The van der Waals surface area contributed by atoms with Crippen LogP contribution in [0.2, 0.25) is 0 Å². The van der Waals surface area contributed by atoms with Gasteiger partial charge in [0.2, 0.25) is 0 Å². The number of hydrogen-bond donors (Lipinski definition) is 0. The molecule has 1 aliphatic rings. The lowest BCUT2D eigenvalue weighted by atomic mass is 9.79. The molecule has 4 heteroatoms. The maximum Gasteiger partial charge on any atom is 0.411 e. The largest absolute Gasteiger partial charge is 0.444 e. The SMILES string of the molecule is CC[C@@]1(N(Cc2ccccc2)C(=O)OC(C)(C)C)CO[C@@H]1c1ccccc1. The van der Waals surface area contributed by atoms with Crippen LogP contribution in [-0.2, 0) is 16.0 Å². The Balaban J connectivity index is 1.95. The fraction of sp³-hybridized carbons (Fsp3) is 0.435. The van der Waals surface area contributed by atoms with E-state index in [1.165, 1.54) is 0 Å². The fourth-order valence-corrected chi connectivity index (χ4v) is 3.58. The molecule has 0 bridgehead atoms. The average Bonchev–Trinajstić information content (AvgIpc) is 2.61. The molecule has 0 unspecified atom stereocenters. The number of benzene rings is 2. The molecule has 2 atom stereocenters. The molecule has 4 nitrogen and oxygen atoms in total. The number of amides is 1. The van der Waals surface area contributed by atoms with Crippen molar-refractivity contribution in [3.63, 3.8) is 0 Å². The van der Waals surface area contributed by atoms with Crippen LogP contribution in [-0.4, -0.2) is 28.7 Å². The minimum Gasteiger partial charge on any atom is -0.444 e. The van der Waals surface area contributed by atoms with Gasteiger partial charge in [-0.05, 0) is 38.3 Å². The zero-order valence-electron chi connectivity index (χ0n) is 16.6. The standard InChI is InChI=1S/C23H29NO3/c1-5-23(17-26-20(23)19-14-10-7-11-15-19)24(21(25)27-22(2,3)4)16-18-12-8-6-9-13-18/h6-15,20H,5,16-17H2,1-4H3/t20-,23-/m1/s1. The van der Waals surface area contributed by atoms with Gasteiger partial charge < -0.3 is 9.47 Å². The molecule has 0 aliphatic carbocycles. The van der Waals surface area contributed by atoms with Crippen molar-refractivity contribution in [1.29, 1.82) is 0 Å². The Morgan fingerprint density at radius 3 is 2.19 bits per heavy atom. The summed E-state index contributed by atoms with van der Waals surface area (Å²) in [4.78, 5) is 15.1. The van der Waals surface area contributed by atoms with Gasteiger partial charge in [0, 0.05) is 6.54 Å². The molecule has 0 N–H and O–H groups in total. The number of ether oxygens (including phenoxy) is 2. The van der Waals surface area contributed by atoms with E-state index in [2.05, 4.69) is 19.1 Å². The van der Waals surface area contributed by atoms with E-state index < -0.39 is 11.1 Å². The number of hydrogen-bond acceptors (Lipinski definition) is 3. The van der Waals surface area contributed by atoms with Crippen LogP contribution in [0.3, 0.4) is 0 Å². The molecule has 27 heavy (non-hydrogen) atoms. The van der Waals surface area contributed by atoms with Gasteiger partial charge in [0.25, 0.3) is 0 Å². The molecule has 3 rings (SSSR count). The molecule has 2 aromatic carbocycles. The highest BCUT2D eigenvalue weighted by atomic mass is 16.6. The molecule has 0 aromatic heterocycles. The Morgan fingerprint density at radius 2 is 1.70 bits per heavy atom. The van der Waals surface area contributed by atoms with Crippen LogP contribution in [0.25, 0.3) is 0 Å². The molecule has 1 fully saturated rings. The molecule has 1 saturated heterocycles. The first-order valence-electron chi connectivity index (χ1n) is 9.57. The fourth-order valence-electron chi connectivity index (χ4n) is 3.58. The lowest BCUT2D eigenvalue weighted by Gasteiger charge is -2.55. The quantitative estimate of drug-likeness (QED) is 0.715. The molecule has 1 heterocycles. The first-order valence-corrected chi connectivity index (χ1v) is 9.57. The van der Waals surface area contributed by atoms with Crippen LogP contribution in [0.5, 0.6) is 0 Å². The molecule has 0 radical (unpaired) electrons. The zero-order chi connectivity index (χ0) is 19.5. The predicted molar refractivity (Wildman–Crippen MR) is 106 cm³/mol. The van der Waals surface area contributed by atoms with Gasteiger partial charge in [-0.2, -0.15) is 0 Å². The second-order valence-electron chi connectivity index (χ2n) is 8.11. The van der Waals surface area contributed by atoms with Gasteiger partial charge in [-0.25, -0.2) is 4.79 Å². The number of rotatable bonds is 5. The van der Waals surface area contributed by atoms with Crippen LogP contribution in [0.15, 0.2) is 60.7 Å². The summed E-state index contributed by atoms with van der Waals surface area (Å²) in [5.74, 6) is 0. The van der Waals surface area contributed by atoms with Crippen LogP contribution < -0.4 is 0 Å². The van der Waals surface area contributed by atoms with Crippen molar-refractivity contribution in [3.8, 4) is 0 Å². The van der Waals surface area contributed by atoms with E-state index >= 15 is 0 Å². The van der Waals surface area contributed by atoms with Crippen LogP contribution in [0, 0.1) is 0 Å². The molecule has 1 amide bonds. The Labute approximate surface area is 162 Å². The summed E-state index contributed by atoms with van der Waals surface area (Å²) in [5.41, 5.74) is 1.20. The first-order chi connectivity index (χ1) is 12.9. The third kappa shape index (κ3) is 4.16. The lowest BCUT2D eigenvalue weighted by molar-refractivity contribution is -0.204. The van der Waals surface area contributed by atoms with Crippen molar-refractivity contribution < 1.29 is 14.3 Å². The smallest absolute Gasteiger partial charge is 0.411 e. The Hall–Kier alpha value is -2.33. The van der Waals surface area contributed by atoms with Gasteiger partial charge >= 0.3 is 6.09 Å². The molecular formula is C23H29NO3. The highest BCUT2D eigenvalue weighted by Crippen LogP contribution is 2.46. The second kappa shape index (κ2) is 7.73. The third-order valence-electron chi connectivity index (χ3n) is 5.04. The Bertz CT molecular complexity index is 750. The number of nitrogens with zero attached hydrogens (tertiary/aromatic N) is 1. The summed E-state index contributed by atoms with van der Waals surface area (Å²) < 4.78 is 11.7. The van der Waals surface area contributed by atoms with Gasteiger partial charge in [0.15, 0.2) is 0 Å². The molecular weight excluding hydrogens is 338 g/mol. The van der Waals surface area contributed by atoms with Gasteiger partial charge in [-0.15, -0.1) is 0 Å². The van der Waals surface area contributed by atoms with E-state index in [1.54, 1.807) is 0 Å². The summed E-state index contributed by atoms with van der Waals surface area (Å²) in [6.07, 6.45) is 0.343. The summed E-state index contributed by atoms with van der Waals surface area (Å²) in [7, 11) is 0. The topological polar surface area (TPSA) is 38.8 Å². The normalized spacial score (nSPS) is 22.0. The van der Waals surface area contributed by atoms with E-state index in [-0.39, 0.29) is 12.2 Å². The highest BCUT2D eigenvalue weighted by Gasteiger charge is 2.54. The molecule has 2 aromatic rings. The monoisotopic (exact) mass is 367 g/mol. The van der Waals surface area contributed by atoms with Crippen molar-refractivity contribution in [3.05, 3.63) is 71.8 Å². The van der Waals surface area contributed by atoms with Crippen LogP contribution in [0.1, 0.15) is 51.3 Å². The first kappa shape index (κ1) is 19.4.